The highest BCUT2D eigenvalue weighted by Crippen LogP contribution is 2.36. The molecule has 4 rings (SSSR count). The normalized spacial score (nSPS) is 11.4. The summed E-state index contributed by atoms with van der Waals surface area (Å²) < 4.78 is 0. The van der Waals surface area contributed by atoms with Crippen molar-refractivity contribution in [3.05, 3.63) is 89.0 Å². The van der Waals surface area contributed by atoms with Crippen LogP contribution in [0.2, 0.25) is 0 Å². The highest BCUT2D eigenvalue weighted by molar-refractivity contribution is 6.22. The second-order valence-corrected chi connectivity index (χ2v) is 7.11. The van der Waals surface area contributed by atoms with Crippen LogP contribution < -0.4 is 16.4 Å². The van der Waals surface area contributed by atoms with E-state index < -0.39 is 17.7 Å². The molecule has 1 aliphatic rings. The summed E-state index contributed by atoms with van der Waals surface area (Å²) in [5.41, 5.74) is 8.71. The zero-order valence-electron chi connectivity index (χ0n) is 16.5. The van der Waals surface area contributed by atoms with Gasteiger partial charge < -0.3 is 16.4 Å². The quantitative estimate of drug-likeness (QED) is 0.450. The highest BCUT2D eigenvalue weighted by Gasteiger charge is 2.27. The lowest BCUT2D eigenvalue weighted by atomic mass is 10.0. The third-order valence-electron chi connectivity index (χ3n) is 5.07. The molecular formula is C24H19N3O4. The van der Waals surface area contributed by atoms with Gasteiger partial charge in [0.2, 0.25) is 5.91 Å². The Balaban J connectivity index is 1.55. The van der Waals surface area contributed by atoms with Gasteiger partial charge in [0.1, 0.15) is 0 Å². The van der Waals surface area contributed by atoms with Gasteiger partial charge in [-0.05, 0) is 35.4 Å². The monoisotopic (exact) mass is 413 g/mol. The average molecular weight is 413 g/mol. The van der Waals surface area contributed by atoms with Gasteiger partial charge in [0, 0.05) is 29.7 Å². The van der Waals surface area contributed by atoms with Crippen LogP contribution in [0.15, 0.2) is 66.7 Å². The second-order valence-electron chi connectivity index (χ2n) is 7.11. The van der Waals surface area contributed by atoms with Crippen LogP contribution in [0.3, 0.4) is 0 Å². The highest BCUT2D eigenvalue weighted by atomic mass is 16.2. The van der Waals surface area contributed by atoms with Gasteiger partial charge in [0.25, 0.3) is 11.8 Å². The van der Waals surface area contributed by atoms with Gasteiger partial charge in [-0.2, -0.15) is 0 Å². The van der Waals surface area contributed by atoms with E-state index in [0.29, 0.717) is 22.4 Å². The van der Waals surface area contributed by atoms with Crippen LogP contribution >= 0.6 is 0 Å². The van der Waals surface area contributed by atoms with Gasteiger partial charge in [-0.1, -0.05) is 42.5 Å². The van der Waals surface area contributed by atoms with E-state index in [2.05, 4.69) is 10.6 Å². The number of para-hydroxylation sites is 1. The van der Waals surface area contributed by atoms with Crippen LogP contribution in [0.1, 0.15) is 43.1 Å². The number of ketones is 1. The Kier molecular flexibility index (Phi) is 5.32. The number of nitrogens with two attached hydrogens (primary N) is 1. The number of hydrogen-bond acceptors (Lipinski definition) is 4. The van der Waals surface area contributed by atoms with E-state index in [9.17, 15) is 19.2 Å². The molecule has 4 N–H and O–H groups in total. The number of carbonyl (C=O) groups excluding carboxylic acids is 4. The lowest BCUT2D eigenvalue weighted by Gasteiger charge is -2.12. The van der Waals surface area contributed by atoms with E-state index in [4.69, 9.17) is 5.73 Å². The van der Waals surface area contributed by atoms with Gasteiger partial charge in [-0.15, -0.1) is 0 Å². The maximum atomic E-state index is 12.9. The van der Waals surface area contributed by atoms with Crippen molar-refractivity contribution in [2.24, 2.45) is 5.73 Å². The number of hydrogen-bond donors (Lipinski definition) is 3. The fraction of sp³-hybridized carbons (Fsp3) is 0.0833. The van der Waals surface area contributed by atoms with Crippen molar-refractivity contribution in [1.82, 2.24) is 5.32 Å². The Bertz CT molecular complexity index is 1230. The summed E-state index contributed by atoms with van der Waals surface area (Å²) in [5, 5.41) is 5.33. The summed E-state index contributed by atoms with van der Waals surface area (Å²) in [7, 11) is 0. The SMILES string of the molecule is NC(=O)CCNC(=O)c1ccccc1NC(=O)c1ccc2c(c1)C(=O)c1ccccc1-2. The molecule has 0 spiro atoms. The summed E-state index contributed by atoms with van der Waals surface area (Å²) in [4.78, 5) is 48.8. The standard InChI is InChI=1S/C24H19N3O4/c25-21(28)11-12-26-24(31)18-7-3-4-8-20(18)27-23(30)14-9-10-16-15-5-1-2-6-17(15)22(29)19(16)13-14/h1-10,13H,11-12H2,(H2,25,28)(H,26,31)(H,27,30). The predicted molar refractivity (Wildman–Crippen MR) is 116 cm³/mol. The van der Waals surface area contributed by atoms with E-state index in [1.54, 1.807) is 48.5 Å². The number of primary amides is 1. The summed E-state index contributed by atoms with van der Waals surface area (Å²) >= 11 is 0. The zero-order valence-corrected chi connectivity index (χ0v) is 16.5. The number of nitrogens with one attached hydrogen (secondary N) is 2. The van der Waals surface area contributed by atoms with Crippen molar-refractivity contribution in [2.75, 3.05) is 11.9 Å². The van der Waals surface area contributed by atoms with Gasteiger partial charge in [-0.3, -0.25) is 19.2 Å². The number of fused-ring (bicyclic) bond motifs is 3. The first-order valence-corrected chi connectivity index (χ1v) is 9.71. The maximum Gasteiger partial charge on any atom is 0.255 e. The van der Waals surface area contributed by atoms with Gasteiger partial charge >= 0.3 is 0 Å². The van der Waals surface area contributed by atoms with Crippen molar-refractivity contribution in [1.29, 1.82) is 0 Å². The molecule has 154 valence electrons. The minimum absolute atomic E-state index is 0.0197. The summed E-state index contributed by atoms with van der Waals surface area (Å²) in [6.45, 7) is 0.101. The molecule has 1 aliphatic carbocycles. The lowest BCUT2D eigenvalue weighted by Crippen LogP contribution is -2.28. The largest absolute Gasteiger partial charge is 0.370 e. The average Bonchev–Trinajstić information content (AvgIpc) is 3.05. The van der Waals surface area contributed by atoms with Crippen molar-refractivity contribution in [3.8, 4) is 11.1 Å². The number of amides is 3. The lowest BCUT2D eigenvalue weighted by molar-refractivity contribution is -0.117. The van der Waals surface area contributed by atoms with Gasteiger partial charge in [-0.25, -0.2) is 0 Å². The van der Waals surface area contributed by atoms with Crippen molar-refractivity contribution < 1.29 is 19.2 Å². The molecule has 3 amide bonds. The Hall–Kier alpha value is -4.26. The molecule has 3 aromatic rings. The summed E-state index contributed by atoms with van der Waals surface area (Å²) in [6, 6.07) is 18.8. The minimum atomic E-state index is -0.518. The van der Waals surface area contributed by atoms with Crippen LogP contribution in [-0.4, -0.2) is 30.0 Å². The minimum Gasteiger partial charge on any atom is -0.370 e. The summed E-state index contributed by atoms with van der Waals surface area (Å²) in [6.07, 6.45) is 0.0197. The van der Waals surface area contributed by atoms with Crippen LogP contribution in [0.25, 0.3) is 11.1 Å². The molecule has 0 saturated carbocycles. The number of carbonyl (C=O) groups is 4. The third-order valence-corrected chi connectivity index (χ3v) is 5.07. The van der Waals surface area contributed by atoms with E-state index >= 15 is 0 Å². The topological polar surface area (TPSA) is 118 Å². The Morgan fingerprint density at radius 1 is 0.774 bits per heavy atom. The van der Waals surface area contributed by atoms with Crippen LogP contribution in [0.5, 0.6) is 0 Å². The van der Waals surface area contributed by atoms with E-state index in [1.165, 1.54) is 0 Å². The zero-order chi connectivity index (χ0) is 22.0. The third kappa shape index (κ3) is 3.93. The summed E-state index contributed by atoms with van der Waals surface area (Å²) in [5.74, 6) is -1.51. The second kappa shape index (κ2) is 8.23. The Morgan fingerprint density at radius 2 is 1.45 bits per heavy atom. The molecule has 7 nitrogen and oxygen atoms in total. The number of benzene rings is 3. The molecule has 0 aromatic heterocycles. The maximum absolute atomic E-state index is 12.9. The number of anilines is 1. The van der Waals surface area contributed by atoms with Crippen molar-refractivity contribution in [2.45, 2.75) is 6.42 Å². The van der Waals surface area contributed by atoms with E-state index in [1.807, 2.05) is 18.2 Å². The van der Waals surface area contributed by atoms with E-state index in [0.717, 1.165) is 11.1 Å². The molecule has 7 heteroatoms. The first kappa shape index (κ1) is 20.0. The van der Waals surface area contributed by atoms with Crippen molar-refractivity contribution in [3.63, 3.8) is 0 Å². The fourth-order valence-electron chi connectivity index (χ4n) is 3.55. The molecular weight excluding hydrogens is 394 g/mol. The fourth-order valence-corrected chi connectivity index (χ4v) is 3.55. The first-order chi connectivity index (χ1) is 15.0. The molecule has 0 aliphatic heterocycles. The smallest absolute Gasteiger partial charge is 0.255 e. The van der Waals surface area contributed by atoms with Gasteiger partial charge in [0.15, 0.2) is 5.78 Å². The van der Waals surface area contributed by atoms with Crippen molar-refractivity contribution >= 4 is 29.2 Å². The molecule has 0 unspecified atom stereocenters. The van der Waals surface area contributed by atoms with E-state index in [-0.39, 0.29) is 24.3 Å². The molecule has 0 fully saturated rings. The van der Waals surface area contributed by atoms with Gasteiger partial charge in [0.05, 0.1) is 11.3 Å². The van der Waals surface area contributed by atoms with Crippen LogP contribution in [-0.2, 0) is 4.79 Å². The molecule has 0 bridgehead atoms. The molecule has 0 heterocycles. The first-order valence-electron chi connectivity index (χ1n) is 9.71. The van der Waals surface area contributed by atoms with Crippen LogP contribution in [0.4, 0.5) is 5.69 Å². The Labute approximate surface area is 178 Å². The molecule has 0 saturated heterocycles. The molecule has 31 heavy (non-hydrogen) atoms. The molecule has 3 aromatic carbocycles. The van der Waals surface area contributed by atoms with Crippen LogP contribution in [0, 0.1) is 0 Å². The molecule has 0 atom stereocenters. The Morgan fingerprint density at radius 3 is 2.23 bits per heavy atom. The molecule has 0 radical (unpaired) electrons. The predicted octanol–water partition coefficient (Wildman–Crippen LogP) is 2.76. The number of rotatable bonds is 6.